The highest BCUT2D eigenvalue weighted by molar-refractivity contribution is 5.82. The molecule has 2 atom stereocenters. The number of nitrogens with two attached hydrogens (primary N) is 1. The van der Waals surface area contributed by atoms with Crippen LogP contribution in [0.5, 0.6) is 0 Å². The van der Waals surface area contributed by atoms with Crippen LogP contribution in [0.3, 0.4) is 0 Å². The van der Waals surface area contributed by atoms with Gasteiger partial charge in [-0.3, -0.25) is 9.59 Å². The number of carbonyl (C=O) groups excluding carboxylic acids is 2. The highest BCUT2D eigenvalue weighted by Crippen LogP contribution is 2.25. The van der Waals surface area contributed by atoms with Crippen LogP contribution in [-0.4, -0.2) is 30.6 Å². The summed E-state index contributed by atoms with van der Waals surface area (Å²) in [5.74, 6) is 0.00438. The molecular formula is C15H28N2O3. The summed E-state index contributed by atoms with van der Waals surface area (Å²) in [5, 5.41) is 3.01. The fourth-order valence-electron chi connectivity index (χ4n) is 2.54. The van der Waals surface area contributed by atoms with E-state index >= 15 is 0 Å². The Morgan fingerprint density at radius 2 is 1.85 bits per heavy atom. The molecule has 0 aromatic rings. The molecule has 1 fully saturated rings. The van der Waals surface area contributed by atoms with E-state index in [1.165, 1.54) is 0 Å². The van der Waals surface area contributed by atoms with Crippen LogP contribution in [0, 0.1) is 11.8 Å². The Kier molecular flexibility index (Phi) is 6.99. The van der Waals surface area contributed by atoms with Crippen molar-refractivity contribution >= 4 is 11.9 Å². The summed E-state index contributed by atoms with van der Waals surface area (Å²) in [4.78, 5) is 23.6. The van der Waals surface area contributed by atoms with Crippen LogP contribution in [0.15, 0.2) is 0 Å². The van der Waals surface area contributed by atoms with Gasteiger partial charge in [-0.15, -0.1) is 0 Å². The second-order valence-electron chi connectivity index (χ2n) is 5.72. The second kappa shape index (κ2) is 8.25. The van der Waals surface area contributed by atoms with Crippen LogP contribution >= 0.6 is 0 Å². The fraction of sp³-hybridized carbons (Fsp3) is 0.867. The molecule has 3 N–H and O–H groups in total. The lowest BCUT2D eigenvalue weighted by atomic mass is 9.85. The molecule has 20 heavy (non-hydrogen) atoms. The van der Waals surface area contributed by atoms with Gasteiger partial charge in [-0.05, 0) is 38.5 Å². The molecule has 1 saturated carbocycles. The molecule has 0 unspecified atom stereocenters. The second-order valence-corrected chi connectivity index (χ2v) is 5.72. The molecule has 0 aromatic carbocycles. The van der Waals surface area contributed by atoms with Crippen LogP contribution in [-0.2, 0) is 14.3 Å². The van der Waals surface area contributed by atoms with E-state index in [1.54, 1.807) is 0 Å². The zero-order valence-electron chi connectivity index (χ0n) is 12.9. The first-order chi connectivity index (χ1) is 9.49. The monoisotopic (exact) mass is 284 g/mol. The van der Waals surface area contributed by atoms with Gasteiger partial charge in [0.05, 0.1) is 18.6 Å². The largest absolute Gasteiger partial charge is 0.466 e. The van der Waals surface area contributed by atoms with Crippen molar-refractivity contribution in [2.75, 3.05) is 6.61 Å². The van der Waals surface area contributed by atoms with Gasteiger partial charge >= 0.3 is 5.97 Å². The molecule has 0 bridgehead atoms. The van der Waals surface area contributed by atoms with Gasteiger partial charge in [0.2, 0.25) is 5.91 Å². The number of nitrogens with one attached hydrogen (secondary N) is 1. The third-order valence-electron chi connectivity index (χ3n) is 4.25. The first kappa shape index (κ1) is 17.0. The van der Waals surface area contributed by atoms with Gasteiger partial charge in [0.1, 0.15) is 0 Å². The lowest BCUT2D eigenvalue weighted by Crippen LogP contribution is -2.49. The van der Waals surface area contributed by atoms with Crippen LogP contribution in [0.25, 0.3) is 0 Å². The maximum Gasteiger partial charge on any atom is 0.308 e. The van der Waals surface area contributed by atoms with E-state index in [1.807, 2.05) is 20.8 Å². The van der Waals surface area contributed by atoms with E-state index < -0.39 is 6.04 Å². The zero-order chi connectivity index (χ0) is 15.1. The Bertz CT molecular complexity index is 325. The maximum absolute atomic E-state index is 12.0. The van der Waals surface area contributed by atoms with E-state index in [0.29, 0.717) is 6.61 Å². The molecule has 0 radical (unpaired) electrons. The minimum Gasteiger partial charge on any atom is -0.466 e. The van der Waals surface area contributed by atoms with Crippen molar-refractivity contribution in [2.24, 2.45) is 17.6 Å². The van der Waals surface area contributed by atoms with E-state index in [-0.39, 0.29) is 29.8 Å². The summed E-state index contributed by atoms with van der Waals surface area (Å²) < 4.78 is 5.04. The SMILES string of the molecule is CCOC(=O)C1CCC(NC(=O)[C@@H](N)[C@@H](C)CC)CC1. The topological polar surface area (TPSA) is 81.4 Å². The summed E-state index contributed by atoms with van der Waals surface area (Å²) >= 11 is 0. The molecule has 0 aromatic heterocycles. The molecule has 1 aliphatic carbocycles. The van der Waals surface area contributed by atoms with Crippen molar-refractivity contribution in [3.8, 4) is 0 Å². The lowest BCUT2D eigenvalue weighted by Gasteiger charge is -2.29. The fourth-order valence-corrected chi connectivity index (χ4v) is 2.54. The van der Waals surface area contributed by atoms with Crippen LogP contribution in [0.4, 0.5) is 0 Å². The third-order valence-corrected chi connectivity index (χ3v) is 4.25. The van der Waals surface area contributed by atoms with Crippen molar-refractivity contribution in [1.82, 2.24) is 5.32 Å². The highest BCUT2D eigenvalue weighted by Gasteiger charge is 2.29. The summed E-state index contributed by atoms with van der Waals surface area (Å²) in [5.41, 5.74) is 5.92. The average molecular weight is 284 g/mol. The Morgan fingerprint density at radius 3 is 2.35 bits per heavy atom. The number of rotatable bonds is 6. The van der Waals surface area contributed by atoms with Gasteiger partial charge in [-0.2, -0.15) is 0 Å². The zero-order valence-corrected chi connectivity index (χ0v) is 12.9. The first-order valence-corrected chi connectivity index (χ1v) is 7.72. The highest BCUT2D eigenvalue weighted by atomic mass is 16.5. The molecule has 0 saturated heterocycles. The Hall–Kier alpha value is -1.10. The van der Waals surface area contributed by atoms with E-state index in [2.05, 4.69) is 5.32 Å². The number of esters is 1. The molecule has 116 valence electrons. The summed E-state index contributed by atoms with van der Waals surface area (Å²) in [7, 11) is 0. The average Bonchev–Trinajstić information content (AvgIpc) is 2.46. The molecule has 0 spiro atoms. The molecule has 0 heterocycles. The predicted octanol–water partition coefficient (Wildman–Crippen LogP) is 1.60. The van der Waals surface area contributed by atoms with Gasteiger partial charge < -0.3 is 15.8 Å². The van der Waals surface area contributed by atoms with Crippen molar-refractivity contribution in [3.63, 3.8) is 0 Å². The minimum absolute atomic E-state index is 0.00802. The van der Waals surface area contributed by atoms with Gasteiger partial charge in [0.15, 0.2) is 0 Å². The summed E-state index contributed by atoms with van der Waals surface area (Å²) in [6, 6.07) is -0.300. The molecule has 1 amide bonds. The third kappa shape index (κ3) is 4.78. The Balaban J connectivity index is 2.35. The summed E-state index contributed by atoms with van der Waals surface area (Å²) in [6.45, 7) is 6.27. The summed E-state index contributed by atoms with van der Waals surface area (Å²) in [6.07, 6.45) is 4.10. The molecule has 5 heteroatoms. The number of hydrogen-bond acceptors (Lipinski definition) is 4. The van der Waals surface area contributed by atoms with Gasteiger partial charge in [-0.25, -0.2) is 0 Å². The molecule has 5 nitrogen and oxygen atoms in total. The van der Waals surface area contributed by atoms with Crippen LogP contribution in [0.2, 0.25) is 0 Å². The Labute approximate surface area is 121 Å². The quantitative estimate of drug-likeness (QED) is 0.726. The van der Waals surface area contributed by atoms with Crippen LogP contribution < -0.4 is 11.1 Å². The van der Waals surface area contributed by atoms with Gasteiger partial charge in [0, 0.05) is 6.04 Å². The van der Waals surface area contributed by atoms with Crippen molar-refractivity contribution < 1.29 is 14.3 Å². The number of amides is 1. The predicted molar refractivity (Wildman–Crippen MR) is 78.0 cm³/mol. The van der Waals surface area contributed by atoms with Gasteiger partial charge in [0.25, 0.3) is 0 Å². The van der Waals surface area contributed by atoms with Crippen LogP contribution in [0.1, 0.15) is 52.9 Å². The van der Waals surface area contributed by atoms with Crippen molar-refractivity contribution in [1.29, 1.82) is 0 Å². The molecule has 0 aliphatic heterocycles. The number of ether oxygens (including phenoxy) is 1. The van der Waals surface area contributed by atoms with E-state index in [0.717, 1.165) is 32.1 Å². The van der Waals surface area contributed by atoms with Crippen molar-refractivity contribution in [3.05, 3.63) is 0 Å². The minimum atomic E-state index is -0.442. The van der Waals surface area contributed by atoms with Crippen molar-refractivity contribution in [2.45, 2.75) is 65.0 Å². The molecule has 1 rings (SSSR count). The number of hydrogen-bond donors (Lipinski definition) is 2. The molecular weight excluding hydrogens is 256 g/mol. The Morgan fingerprint density at radius 1 is 1.25 bits per heavy atom. The molecule has 1 aliphatic rings. The lowest BCUT2D eigenvalue weighted by molar-refractivity contribution is -0.149. The smallest absolute Gasteiger partial charge is 0.308 e. The normalized spacial score (nSPS) is 25.6. The maximum atomic E-state index is 12.0. The standard InChI is InChI=1S/C15H28N2O3/c1-4-10(3)13(16)14(18)17-12-8-6-11(7-9-12)15(19)20-5-2/h10-13H,4-9,16H2,1-3H3,(H,17,18)/t10-,11?,12?,13-/m0/s1. The first-order valence-electron chi connectivity index (χ1n) is 7.72. The van der Waals surface area contributed by atoms with E-state index in [9.17, 15) is 9.59 Å². The van der Waals surface area contributed by atoms with Gasteiger partial charge in [-0.1, -0.05) is 20.3 Å². The van der Waals surface area contributed by atoms with E-state index in [4.69, 9.17) is 10.5 Å². The number of carbonyl (C=O) groups is 2.